The normalized spacial score (nSPS) is 19.6. The zero-order valence-electron chi connectivity index (χ0n) is 21.7. The number of likely N-dealkylation sites (tertiary alicyclic amines) is 1. The van der Waals surface area contributed by atoms with Crippen LogP contribution >= 0.6 is 0 Å². The van der Waals surface area contributed by atoms with Gasteiger partial charge in [-0.2, -0.15) is 4.72 Å². The van der Waals surface area contributed by atoms with E-state index in [4.69, 9.17) is 0 Å². The smallest absolute Gasteiger partial charge is 0.426 e. The van der Waals surface area contributed by atoms with E-state index in [1.807, 2.05) is 30.3 Å². The quantitative estimate of drug-likeness (QED) is 0.325. The van der Waals surface area contributed by atoms with Gasteiger partial charge in [-0.3, -0.25) is 9.59 Å². The van der Waals surface area contributed by atoms with Crippen LogP contribution in [0.5, 0.6) is 0 Å². The van der Waals surface area contributed by atoms with Crippen molar-refractivity contribution < 1.29 is 28.1 Å². The van der Waals surface area contributed by atoms with Crippen LogP contribution in [0.3, 0.4) is 0 Å². The molecule has 1 heterocycles. The van der Waals surface area contributed by atoms with Crippen molar-refractivity contribution in [1.29, 1.82) is 0 Å². The van der Waals surface area contributed by atoms with E-state index in [0.29, 0.717) is 0 Å². The summed E-state index contributed by atoms with van der Waals surface area (Å²) in [7, 11) is -5.78. The largest absolute Gasteiger partial charge is 0.475 e. The lowest BCUT2D eigenvalue weighted by Crippen LogP contribution is -2.60. The highest BCUT2D eigenvalue weighted by atomic mass is 32.2. The van der Waals surface area contributed by atoms with Gasteiger partial charge in [0.05, 0.1) is 10.8 Å². The predicted molar refractivity (Wildman–Crippen MR) is 142 cm³/mol. The summed E-state index contributed by atoms with van der Waals surface area (Å²) in [6, 6.07) is 14.7. The highest BCUT2D eigenvalue weighted by Crippen LogP contribution is 2.34. The molecular formula is C26H36BN3O6S. The number of sulfonamides is 1. The van der Waals surface area contributed by atoms with Crippen LogP contribution in [-0.4, -0.2) is 66.4 Å². The van der Waals surface area contributed by atoms with Crippen LogP contribution in [0.25, 0.3) is 0 Å². The van der Waals surface area contributed by atoms with E-state index in [0.717, 1.165) is 11.1 Å². The van der Waals surface area contributed by atoms with E-state index in [2.05, 4.69) is 10.0 Å². The van der Waals surface area contributed by atoms with E-state index >= 15 is 0 Å². The third-order valence-corrected chi connectivity index (χ3v) is 8.58. The van der Waals surface area contributed by atoms with E-state index in [1.165, 1.54) is 11.0 Å². The minimum Gasteiger partial charge on any atom is -0.426 e. The van der Waals surface area contributed by atoms with Gasteiger partial charge in [-0.15, -0.1) is 0 Å². The molecule has 1 aliphatic rings. The van der Waals surface area contributed by atoms with Crippen molar-refractivity contribution >= 4 is 29.0 Å². The van der Waals surface area contributed by atoms with Crippen LogP contribution in [0.2, 0.25) is 0 Å². The number of nitrogens with one attached hydrogen (secondary N) is 2. The summed E-state index contributed by atoms with van der Waals surface area (Å²) in [6.07, 6.45) is 0.657. The first-order chi connectivity index (χ1) is 17.4. The Kier molecular flexibility index (Phi) is 9.17. The summed E-state index contributed by atoms with van der Waals surface area (Å²) < 4.78 is 29.4. The van der Waals surface area contributed by atoms with Crippen LogP contribution < -0.4 is 10.0 Å². The number of carbonyl (C=O) groups excluding carboxylic acids is 2. The van der Waals surface area contributed by atoms with Crippen molar-refractivity contribution in [1.82, 2.24) is 14.9 Å². The first kappa shape index (κ1) is 28.8. The standard InChI is InChI=1S/C26H36BN3O6S/c1-5-23(27(33)34)28-24(31)22(17-20-11-7-6-8-12-20)30-15-14-26(18(2)3,25(30)32)29-37(35,36)21-13-9-10-19(4)16-21/h6-13,16,18,22-23,29,33-34H,5,14-15,17H2,1-4H3,(H,28,31)/t22-,23-,26+/m0/s1. The summed E-state index contributed by atoms with van der Waals surface area (Å²) in [6.45, 7) is 7.22. The fourth-order valence-electron chi connectivity index (χ4n) is 4.74. The zero-order valence-corrected chi connectivity index (χ0v) is 22.5. The van der Waals surface area contributed by atoms with Gasteiger partial charge >= 0.3 is 7.12 Å². The van der Waals surface area contributed by atoms with E-state index in [-0.39, 0.29) is 30.7 Å². The number of nitrogens with zero attached hydrogens (tertiary/aromatic N) is 1. The maximum atomic E-state index is 14.0. The molecule has 1 saturated heterocycles. The molecule has 2 amide bonds. The summed E-state index contributed by atoms with van der Waals surface area (Å²) >= 11 is 0. The molecule has 200 valence electrons. The number of carbonyl (C=O) groups is 2. The van der Waals surface area contributed by atoms with Gasteiger partial charge in [0.2, 0.25) is 21.8 Å². The molecule has 37 heavy (non-hydrogen) atoms. The van der Waals surface area contributed by atoms with Crippen LogP contribution in [0, 0.1) is 12.8 Å². The van der Waals surface area contributed by atoms with Crippen LogP contribution in [0.15, 0.2) is 59.5 Å². The molecule has 9 nitrogen and oxygen atoms in total. The molecule has 0 aromatic heterocycles. The van der Waals surface area contributed by atoms with Gasteiger partial charge in [0, 0.05) is 13.0 Å². The first-order valence-electron chi connectivity index (χ1n) is 12.5. The number of rotatable bonds is 11. The second kappa shape index (κ2) is 11.8. The Morgan fingerprint density at radius 1 is 1.14 bits per heavy atom. The van der Waals surface area contributed by atoms with Gasteiger partial charge in [0.1, 0.15) is 11.6 Å². The average Bonchev–Trinajstić information content (AvgIpc) is 3.17. The summed E-state index contributed by atoms with van der Waals surface area (Å²) in [5, 5.41) is 21.9. The number of hydrogen-bond donors (Lipinski definition) is 4. The maximum absolute atomic E-state index is 14.0. The topological polar surface area (TPSA) is 136 Å². The van der Waals surface area contributed by atoms with Gasteiger partial charge in [0.25, 0.3) is 0 Å². The Balaban J connectivity index is 1.96. The SMILES string of the molecule is CC[C@H](NC(=O)[C@H](Cc1ccccc1)N1CC[C@@](NS(=O)(=O)c2cccc(C)c2)(C(C)C)C1=O)B(O)O. The van der Waals surface area contributed by atoms with Gasteiger partial charge in [-0.05, 0) is 48.9 Å². The van der Waals surface area contributed by atoms with E-state index in [9.17, 15) is 28.1 Å². The van der Waals surface area contributed by atoms with Crippen LogP contribution in [0.1, 0.15) is 44.7 Å². The fraction of sp³-hybridized carbons (Fsp3) is 0.462. The third kappa shape index (κ3) is 6.41. The average molecular weight is 529 g/mol. The molecule has 4 N–H and O–H groups in total. The molecule has 0 bridgehead atoms. The molecule has 0 unspecified atom stereocenters. The van der Waals surface area contributed by atoms with E-state index in [1.54, 1.807) is 45.9 Å². The second-order valence-electron chi connectivity index (χ2n) is 9.94. The minimum atomic E-state index is -4.03. The molecule has 1 aliphatic heterocycles. The Morgan fingerprint density at radius 2 is 1.81 bits per heavy atom. The lowest BCUT2D eigenvalue weighted by molar-refractivity contribution is -0.141. The Labute approximate surface area is 219 Å². The molecule has 0 aliphatic carbocycles. The zero-order chi connectivity index (χ0) is 27.4. The van der Waals surface area contributed by atoms with Crippen molar-refractivity contribution in [2.75, 3.05) is 6.54 Å². The Bertz CT molecular complexity index is 1210. The second-order valence-corrected chi connectivity index (χ2v) is 11.6. The molecule has 3 rings (SSSR count). The van der Waals surface area contributed by atoms with Gasteiger partial charge in [-0.25, -0.2) is 8.42 Å². The number of aryl methyl sites for hydroxylation is 1. The number of hydrogen-bond acceptors (Lipinski definition) is 6. The lowest BCUT2D eigenvalue weighted by Gasteiger charge is -2.35. The molecule has 2 aromatic carbocycles. The first-order valence-corrected chi connectivity index (χ1v) is 14.0. The van der Waals surface area contributed by atoms with Gasteiger partial charge < -0.3 is 20.3 Å². The van der Waals surface area contributed by atoms with E-state index < -0.39 is 52.4 Å². The molecule has 1 fully saturated rings. The number of amides is 2. The molecule has 3 atom stereocenters. The Morgan fingerprint density at radius 3 is 2.38 bits per heavy atom. The summed E-state index contributed by atoms with van der Waals surface area (Å²) in [5.74, 6) is -2.31. The molecular weight excluding hydrogens is 493 g/mol. The van der Waals surface area contributed by atoms with Crippen molar-refractivity contribution in [3.8, 4) is 0 Å². The minimum absolute atomic E-state index is 0.0695. The predicted octanol–water partition coefficient (Wildman–Crippen LogP) is 1.42. The fourth-order valence-corrected chi connectivity index (χ4v) is 6.36. The highest BCUT2D eigenvalue weighted by Gasteiger charge is 2.54. The van der Waals surface area contributed by atoms with Crippen molar-refractivity contribution in [2.24, 2.45) is 5.92 Å². The molecule has 0 radical (unpaired) electrons. The van der Waals surface area contributed by atoms with Crippen molar-refractivity contribution in [3.05, 3.63) is 65.7 Å². The van der Waals surface area contributed by atoms with Crippen molar-refractivity contribution in [3.63, 3.8) is 0 Å². The summed E-state index contributed by atoms with van der Waals surface area (Å²) in [5.41, 5.74) is 0.158. The van der Waals surface area contributed by atoms with Gasteiger partial charge in [-0.1, -0.05) is 63.2 Å². The molecule has 11 heteroatoms. The molecule has 0 spiro atoms. The monoisotopic (exact) mass is 529 g/mol. The molecule has 2 aromatic rings. The third-order valence-electron chi connectivity index (χ3n) is 7.07. The summed E-state index contributed by atoms with van der Waals surface area (Å²) in [4.78, 5) is 28.9. The lowest BCUT2D eigenvalue weighted by atomic mass is 9.77. The Hall–Kier alpha value is -2.73. The van der Waals surface area contributed by atoms with Crippen LogP contribution in [0.4, 0.5) is 0 Å². The maximum Gasteiger partial charge on any atom is 0.475 e. The van der Waals surface area contributed by atoms with Crippen LogP contribution in [-0.2, 0) is 26.0 Å². The highest BCUT2D eigenvalue weighted by molar-refractivity contribution is 7.89. The van der Waals surface area contributed by atoms with Gasteiger partial charge in [0.15, 0.2) is 0 Å². The molecule has 0 saturated carbocycles. The number of benzene rings is 2. The van der Waals surface area contributed by atoms with Crippen molar-refractivity contribution in [2.45, 2.75) is 69.4 Å².